The minimum absolute atomic E-state index is 0.165. The SMILES string of the molecule is CCc1nnc(NC(=O)C(C)NC(=O)C(C)(C)C)s1. The molecule has 7 heteroatoms. The zero-order valence-electron chi connectivity index (χ0n) is 11.9. The molecular weight excluding hydrogens is 264 g/mol. The van der Waals surface area contributed by atoms with Gasteiger partial charge in [-0.3, -0.25) is 14.9 Å². The van der Waals surface area contributed by atoms with Gasteiger partial charge >= 0.3 is 0 Å². The topological polar surface area (TPSA) is 84.0 Å². The highest BCUT2D eigenvalue weighted by Gasteiger charge is 2.25. The van der Waals surface area contributed by atoms with E-state index in [0.29, 0.717) is 5.13 Å². The molecule has 0 fully saturated rings. The van der Waals surface area contributed by atoms with Gasteiger partial charge in [0, 0.05) is 5.41 Å². The van der Waals surface area contributed by atoms with Gasteiger partial charge in [-0.2, -0.15) is 0 Å². The number of carbonyl (C=O) groups excluding carboxylic acids is 2. The van der Waals surface area contributed by atoms with E-state index in [1.165, 1.54) is 11.3 Å². The third-order valence-electron chi connectivity index (χ3n) is 2.42. The average Bonchev–Trinajstić information content (AvgIpc) is 2.75. The van der Waals surface area contributed by atoms with Gasteiger partial charge in [0.15, 0.2) is 0 Å². The lowest BCUT2D eigenvalue weighted by Gasteiger charge is -2.20. The molecule has 0 saturated carbocycles. The number of carbonyl (C=O) groups is 2. The smallest absolute Gasteiger partial charge is 0.248 e. The highest BCUT2D eigenvalue weighted by Crippen LogP contribution is 2.16. The van der Waals surface area contributed by atoms with Crippen molar-refractivity contribution < 1.29 is 9.59 Å². The number of aryl methyl sites for hydroxylation is 1. The summed E-state index contributed by atoms with van der Waals surface area (Å²) in [7, 11) is 0. The van der Waals surface area contributed by atoms with Crippen LogP contribution in [0.4, 0.5) is 5.13 Å². The standard InChI is InChI=1S/C12H20N4O2S/c1-6-8-15-16-11(19-8)14-9(17)7(2)13-10(18)12(3,4)5/h7H,6H2,1-5H3,(H,13,18)(H,14,16,17). The van der Waals surface area contributed by atoms with Crippen molar-refractivity contribution in [3.63, 3.8) is 0 Å². The molecule has 106 valence electrons. The van der Waals surface area contributed by atoms with Crippen molar-refractivity contribution in [3.05, 3.63) is 5.01 Å². The Morgan fingerprint density at radius 1 is 1.32 bits per heavy atom. The molecule has 1 aromatic rings. The van der Waals surface area contributed by atoms with Crippen LogP contribution in [-0.4, -0.2) is 28.1 Å². The van der Waals surface area contributed by atoms with Gasteiger partial charge in [-0.05, 0) is 13.3 Å². The molecule has 0 radical (unpaired) electrons. The summed E-state index contributed by atoms with van der Waals surface area (Å²) >= 11 is 1.34. The monoisotopic (exact) mass is 284 g/mol. The number of aromatic nitrogens is 2. The van der Waals surface area contributed by atoms with E-state index in [4.69, 9.17) is 0 Å². The van der Waals surface area contributed by atoms with Crippen molar-refractivity contribution in [2.45, 2.75) is 47.1 Å². The van der Waals surface area contributed by atoms with Crippen LogP contribution in [-0.2, 0) is 16.0 Å². The van der Waals surface area contributed by atoms with Gasteiger partial charge < -0.3 is 5.32 Å². The summed E-state index contributed by atoms with van der Waals surface area (Å²) in [6.07, 6.45) is 0.782. The van der Waals surface area contributed by atoms with Crippen molar-refractivity contribution in [3.8, 4) is 0 Å². The zero-order chi connectivity index (χ0) is 14.6. The van der Waals surface area contributed by atoms with Crippen molar-refractivity contribution in [1.82, 2.24) is 15.5 Å². The summed E-state index contributed by atoms with van der Waals surface area (Å²) in [6.45, 7) is 9.00. The molecule has 0 aliphatic carbocycles. The Morgan fingerprint density at radius 3 is 2.42 bits per heavy atom. The van der Waals surface area contributed by atoms with E-state index in [-0.39, 0.29) is 11.8 Å². The van der Waals surface area contributed by atoms with Gasteiger partial charge in [0.05, 0.1) is 0 Å². The molecule has 1 unspecified atom stereocenters. The molecule has 6 nitrogen and oxygen atoms in total. The van der Waals surface area contributed by atoms with Crippen molar-refractivity contribution in [1.29, 1.82) is 0 Å². The van der Waals surface area contributed by atoms with Crippen LogP contribution in [0.25, 0.3) is 0 Å². The maximum atomic E-state index is 11.9. The van der Waals surface area contributed by atoms with Gasteiger partial charge in [-0.25, -0.2) is 0 Å². The Balaban J connectivity index is 2.56. The van der Waals surface area contributed by atoms with Crippen molar-refractivity contribution in [2.24, 2.45) is 5.41 Å². The van der Waals surface area contributed by atoms with Crippen LogP contribution in [0.2, 0.25) is 0 Å². The molecule has 1 atom stereocenters. The van der Waals surface area contributed by atoms with E-state index in [9.17, 15) is 9.59 Å². The Kier molecular flexibility index (Phi) is 4.99. The molecule has 2 amide bonds. The number of hydrogen-bond donors (Lipinski definition) is 2. The fourth-order valence-electron chi connectivity index (χ4n) is 1.14. The maximum absolute atomic E-state index is 11.9. The van der Waals surface area contributed by atoms with Gasteiger partial charge in [0.1, 0.15) is 11.0 Å². The Hall–Kier alpha value is -1.50. The molecule has 0 spiro atoms. The van der Waals surface area contributed by atoms with E-state index in [1.54, 1.807) is 27.7 Å². The minimum atomic E-state index is -0.610. The highest BCUT2D eigenvalue weighted by molar-refractivity contribution is 7.15. The van der Waals surface area contributed by atoms with Crippen LogP contribution in [0.5, 0.6) is 0 Å². The van der Waals surface area contributed by atoms with E-state index < -0.39 is 11.5 Å². The average molecular weight is 284 g/mol. The van der Waals surface area contributed by atoms with Crippen LogP contribution in [0.15, 0.2) is 0 Å². The first-order valence-corrected chi connectivity index (χ1v) is 7.00. The summed E-state index contributed by atoms with van der Waals surface area (Å²) in [5, 5.41) is 14.4. The second kappa shape index (κ2) is 6.10. The molecule has 0 aliphatic heterocycles. The molecule has 0 saturated heterocycles. The Bertz CT molecular complexity index is 465. The molecule has 0 aromatic carbocycles. The number of nitrogens with zero attached hydrogens (tertiary/aromatic N) is 2. The lowest BCUT2D eigenvalue weighted by molar-refractivity contribution is -0.131. The lowest BCUT2D eigenvalue weighted by atomic mass is 9.95. The normalized spacial score (nSPS) is 12.9. The van der Waals surface area contributed by atoms with Crippen LogP contribution >= 0.6 is 11.3 Å². The molecular formula is C12H20N4O2S. The molecule has 1 heterocycles. The second-order valence-electron chi connectivity index (χ2n) is 5.29. The van der Waals surface area contributed by atoms with Gasteiger partial charge in [-0.15, -0.1) is 10.2 Å². The van der Waals surface area contributed by atoms with Crippen LogP contribution in [0, 0.1) is 5.41 Å². The fourth-order valence-corrected chi connectivity index (χ4v) is 1.82. The predicted octanol–water partition coefficient (Wildman–Crippen LogP) is 1.59. The van der Waals surface area contributed by atoms with E-state index in [1.807, 2.05) is 6.92 Å². The summed E-state index contributed by atoms with van der Waals surface area (Å²) < 4.78 is 0. The Labute approximate surface area is 117 Å². The third kappa shape index (κ3) is 4.59. The summed E-state index contributed by atoms with van der Waals surface area (Å²) in [5.41, 5.74) is -0.521. The number of anilines is 1. The number of rotatable bonds is 4. The molecule has 0 bridgehead atoms. The van der Waals surface area contributed by atoms with Crippen LogP contribution in [0.3, 0.4) is 0 Å². The largest absolute Gasteiger partial charge is 0.344 e. The lowest BCUT2D eigenvalue weighted by Crippen LogP contribution is -2.46. The molecule has 2 N–H and O–H groups in total. The highest BCUT2D eigenvalue weighted by atomic mass is 32.1. The zero-order valence-corrected chi connectivity index (χ0v) is 12.7. The predicted molar refractivity (Wildman–Crippen MR) is 75.0 cm³/mol. The third-order valence-corrected chi connectivity index (χ3v) is 3.40. The van der Waals surface area contributed by atoms with Crippen LogP contribution < -0.4 is 10.6 Å². The van der Waals surface area contributed by atoms with E-state index >= 15 is 0 Å². The first-order chi connectivity index (χ1) is 8.74. The minimum Gasteiger partial charge on any atom is -0.344 e. The number of hydrogen-bond acceptors (Lipinski definition) is 5. The fraction of sp³-hybridized carbons (Fsp3) is 0.667. The summed E-state index contributed by atoms with van der Waals surface area (Å²) in [5.74, 6) is -0.460. The molecule has 19 heavy (non-hydrogen) atoms. The molecule has 1 rings (SSSR count). The number of amides is 2. The van der Waals surface area contributed by atoms with Gasteiger partial charge in [0.2, 0.25) is 16.9 Å². The first-order valence-electron chi connectivity index (χ1n) is 6.18. The summed E-state index contributed by atoms with van der Waals surface area (Å²) in [6, 6.07) is -0.610. The number of nitrogens with one attached hydrogen (secondary N) is 2. The van der Waals surface area contributed by atoms with Gasteiger partial charge in [-0.1, -0.05) is 39.0 Å². The van der Waals surface area contributed by atoms with Crippen LogP contribution in [0.1, 0.15) is 39.6 Å². The summed E-state index contributed by atoms with van der Waals surface area (Å²) in [4.78, 5) is 23.7. The first kappa shape index (κ1) is 15.6. The quantitative estimate of drug-likeness (QED) is 0.879. The molecule has 0 aliphatic rings. The van der Waals surface area contributed by atoms with Crippen molar-refractivity contribution >= 4 is 28.3 Å². The van der Waals surface area contributed by atoms with Gasteiger partial charge in [0.25, 0.3) is 0 Å². The maximum Gasteiger partial charge on any atom is 0.248 e. The second-order valence-corrected chi connectivity index (χ2v) is 6.35. The Morgan fingerprint density at radius 2 is 1.95 bits per heavy atom. The molecule has 1 aromatic heterocycles. The van der Waals surface area contributed by atoms with E-state index in [0.717, 1.165) is 11.4 Å². The van der Waals surface area contributed by atoms with Crippen molar-refractivity contribution in [2.75, 3.05) is 5.32 Å². The van der Waals surface area contributed by atoms with E-state index in [2.05, 4.69) is 20.8 Å².